The molecule has 5 heteroatoms. The Bertz CT molecular complexity index is 839. The first-order valence-corrected chi connectivity index (χ1v) is 11.9. The predicted octanol–water partition coefficient (Wildman–Crippen LogP) is 6.17. The highest BCUT2D eigenvalue weighted by Gasteiger charge is 2.51. The van der Waals surface area contributed by atoms with Gasteiger partial charge in [-0.2, -0.15) is 0 Å². The van der Waals surface area contributed by atoms with E-state index in [1.54, 1.807) is 11.8 Å². The van der Waals surface area contributed by atoms with Crippen molar-refractivity contribution in [3.05, 3.63) is 53.3 Å². The fourth-order valence-corrected chi connectivity index (χ4v) is 7.72. The van der Waals surface area contributed by atoms with E-state index >= 15 is 0 Å². The second-order valence-electron chi connectivity index (χ2n) is 9.27. The molecule has 4 bridgehead atoms. The van der Waals surface area contributed by atoms with Gasteiger partial charge >= 0.3 is 0 Å². The summed E-state index contributed by atoms with van der Waals surface area (Å²) in [4.78, 5) is 0. The number of halogens is 1. The van der Waals surface area contributed by atoms with Crippen LogP contribution in [0.1, 0.15) is 49.9 Å². The van der Waals surface area contributed by atoms with Crippen LogP contribution in [-0.4, -0.2) is 14.8 Å². The van der Waals surface area contributed by atoms with Crippen molar-refractivity contribution in [1.82, 2.24) is 14.8 Å². The number of thioether (sulfide) groups is 1. The van der Waals surface area contributed by atoms with Gasteiger partial charge in [0.25, 0.3) is 0 Å². The normalized spacial score (nSPS) is 30.7. The van der Waals surface area contributed by atoms with Crippen LogP contribution in [0.3, 0.4) is 0 Å². The molecule has 148 valence electrons. The molecule has 1 heterocycles. The average Bonchev–Trinajstić information content (AvgIpc) is 3.01. The zero-order chi connectivity index (χ0) is 19.1. The second kappa shape index (κ2) is 7.53. The predicted molar refractivity (Wildman–Crippen MR) is 116 cm³/mol. The molecule has 0 radical (unpaired) electrons. The molecule has 0 atom stereocenters. The van der Waals surface area contributed by atoms with Gasteiger partial charge < -0.3 is 4.57 Å². The van der Waals surface area contributed by atoms with Crippen molar-refractivity contribution >= 4 is 23.4 Å². The standard InChI is InChI=1S/C23H28ClN3S/c1-2-7-27-21(14-23-11-16-8-17(12-23)10-18(9-16)13-23)25-26-22(27)28-15-19-5-3-4-6-20(19)24/h2-6,16-18H,1,7-15H2. The molecule has 0 saturated heterocycles. The summed E-state index contributed by atoms with van der Waals surface area (Å²) in [6.07, 6.45) is 11.7. The van der Waals surface area contributed by atoms with Gasteiger partial charge in [-0.15, -0.1) is 16.8 Å². The van der Waals surface area contributed by atoms with Crippen molar-refractivity contribution in [1.29, 1.82) is 0 Å². The maximum Gasteiger partial charge on any atom is 0.191 e. The minimum atomic E-state index is 0.478. The van der Waals surface area contributed by atoms with E-state index in [-0.39, 0.29) is 0 Å². The van der Waals surface area contributed by atoms with E-state index in [0.29, 0.717) is 5.41 Å². The number of allylic oxidation sites excluding steroid dienone is 1. The van der Waals surface area contributed by atoms with Gasteiger partial charge in [0.1, 0.15) is 5.82 Å². The molecular weight excluding hydrogens is 386 g/mol. The highest BCUT2D eigenvalue weighted by atomic mass is 35.5. The monoisotopic (exact) mass is 413 g/mol. The van der Waals surface area contributed by atoms with Crippen molar-refractivity contribution in [2.24, 2.45) is 23.2 Å². The fraction of sp³-hybridized carbons (Fsp3) is 0.565. The molecule has 1 aromatic carbocycles. The number of rotatable bonds is 7. The van der Waals surface area contributed by atoms with Gasteiger partial charge in [-0.3, -0.25) is 0 Å². The van der Waals surface area contributed by atoms with Gasteiger partial charge in [0.15, 0.2) is 5.16 Å². The Labute approximate surface area is 177 Å². The van der Waals surface area contributed by atoms with E-state index in [4.69, 9.17) is 11.6 Å². The summed E-state index contributed by atoms with van der Waals surface area (Å²) in [5.74, 6) is 4.87. The number of benzene rings is 1. The summed E-state index contributed by atoms with van der Waals surface area (Å²) in [5.41, 5.74) is 1.62. The molecule has 0 aliphatic heterocycles. The molecule has 0 spiro atoms. The summed E-state index contributed by atoms with van der Waals surface area (Å²) in [7, 11) is 0. The van der Waals surface area contributed by atoms with Crippen LogP contribution in [0.2, 0.25) is 5.02 Å². The summed E-state index contributed by atoms with van der Waals surface area (Å²) in [6, 6.07) is 8.04. The van der Waals surface area contributed by atoms with Crippen LogP contribution in [-0.2, 0) is 18.7 Å². The topological polar surface area (TPSA) is 30.7 Å². The fourth-order valence-electron chi connectivity index (χ4n) is 6.47. The van der Waals surface area contributed by atoms with Crippen molar-refractivity contribution in [3.8, 4) is 0 Å². The zero-order valence-electron chi connectivity index (χ0n) is 16.3. The molecule has 0 amide bonds. The lowest BCUT2D eigenvalue weighted by Crippen LogP contribution is -2.47. The van der Waals surface area contributed by atoms with Crippen molar-refractivity contribution in [2.45, 2.75) is 62.4 Å². The van der Waals surface area contributed by atoms with E-state index in [1.807, 2.05) is 24.3 Å². The van der Waals surface area contributed by atoms with Crippen molar-refractivity contribution in [2.75, 3.05) is 0 Å². The Morgan fingerprint density at radius 3 is 2.43 bits per heavy atom. The van der Waals surface area contributed by atoms with Crippen LogP contribution in [0.4, 0.5) is 0 Å². The average molecular weight is 414 g/mol. The van der Waals surface area contributed by atoms with Gasteiger partial charge in [-0.25, -0.2) is 0 Å². The van der Waals surface area contributed by atoms with Crippen molar-refractivity contribution < 1.29 is 0 Å². The lowest BCUT2D eigenvalue weighted by molar-refractivity contribution is -0.0535. The molecule has 3 nitrogen and oxygen atoms in total. The highest BCUT2D eigenvalue weighted by Crippen LogP contribution is 2.61. The van der Waals surface area contributed by atoms with Crippen molar-refractivity contribution in [3.63, 3.8) is 0 Å². The van der Waals surface area contributed by atoms with E-state index in [2.05, 4.69) is 27.4 Å². The van der Waals surface area contributed by atoms with E-state index in [0.717, 1.165) is 58.0 Å². The summed E-state index contributed by atoms with van der Waals surface area (Å²) < 4.78 is 2.28. The lowest BCUT2D eigenvalue weighted by atomic mass is 9.49. The summed E-state index contributed by atoms with van der Waals surface area (Å²) in [5, 5.41) is 11.0. The second-order valence-corrected chi connectivity index (χ2v) is 10.6. The van der Waals surface area contributed by atoms with Gasteiger partial charge in [-0.1, -0.05) is 47.6 Å². The van der Waals surface area contributed by atoms with E-state index in [9.17, 15) is 0 Å². The molecule has 1 aromatic heterocycles. The third-order valence-electron chi connectivity index (χ3n) is 7.12. The molecule has 6 rings (SSSR count). The number of hydrogen-bond acceptors (Lipinski definition) is 3. The Morgan fingerprint density at radius 1 is 1.11 bits per heavy atom. The molecule has 0 N–H and O–H groups in total. The van der Waals surface area contributed by atoms with Crippen LogP contribution in [0, 0.1) is 23.2 Å². The van der Waals surface area contributed by atoms with Crippen LogP contribution in [0.5, 0.6) is 0 Å². The number of aromatic nitrogens is 3. The largest absolute Gasteiger partial charge is 0.302 e. The van der Waals surface area contributed by atoms with E-state index < -0.39 is 0 Å². The lowest BCUT2D eigenvalue weighted by Gasteiger charge is -2.56. The first-order chi connectivity index (χ1) is 13.6. The molecule has 2 aromatic rings. The number of hydrogen-bond donors (Lipinski definition) is 0. The molecule has 0 unspecified atom stereocenters. The smallest absolute Gasteiger partial charge is 0.191 e. The molecular formula is C23H28ClN3S. The molecule has 4 fully saturated rings. The van der Waals surface area contributed by atoms with Gasteiger partial charge in [0, 0.05) is 23.7 Å². The Balaban J connectivity index is 1.35. The maximum atomic E-state index is 6.33. The Morgan fingerprint density at radius 2 is 1.79 bits per heavy atom. The molecule has 4 saturated carbocycles. The third kappa shape index (κ3) is 3.54. The minimum Gasteiger partial charge on any atom is -0.302 e. The first-order valence-electron chi connectivity index (χ1n) is 10.5. The zero-order valence-corrected chi connectivity index (χ0v) is 17.9. The quantitative estimate of drug-likeness (QED) is 0.401. The molecule has 4 aliphatic rings. The van der Waals surface area contributed by atoms with E-state index in [1.165, 1.54) is 38.5 Å². The summed E-state index contributed by atoms with van der Waals surface area (Å²) >= 11 is 8.05. The van der Waals surface area contributed by atoms with Crippen LogP contribution in [0.25, 0.3) is 0 Å². The Hall–Kier alpha value is -1.26. The maximum absolute atomic E-state index is 6.33. The van der Waals surface area contributed by atoms with Crippen LogP contribution in [0.15, 0.2) is 42.1 Å². The highest BCUT2D eigenvalue weighted by molar-refractivity contribution is 7.98. The summed E-state index contributed by atoms with van der Waals surface area (Å²) in [6.45, 7) is 4.75. The van der Waals surface area contributed by atoms with Gasteiger partial charge in [0.05, 0.1) is 0 Å². The Kier molecular flexibility index (Phi) is 5.04. The first kappa shape index (κ1) is 18.7. The number of nitrogens with zero attached hydrogens (tertiary/aromatic N) is 3. The molecule has 4 aliphatic carbocycles. The van der Waals surface area contributed by atoms with Crippen LogP contribution >= 0.6 is 23.4 Å². The molecule has 28 heavy (non-hydrogen) atoms. The SMILES string of the molecule is C=CCn1c(CC23CC4CC(CC(C4)C2)C3)nnc1SCc1ccccc1Cl. The van der Waals surface area contributed by atoms with Gasteiger partial charge in [-0.05, 0) is 73.3 Å². The van der Waals surface area contributed by atoms with Crippen LogP contribution < -0.4 is 0 Å². The minimum absolute atomic E-state index is 0.478. The third-order valence-corrected chi connectivity index (χ3v) is 8.50. The van der Waals surface area contributed by atoms with Gasteiger partial charge in [0.2, 0.25) is 0 Å².